The number of Topliss-reactive ketones (excluding diaryl/α,β-unsaturated/α-hetero) is 1. The largest absolute Gasteiger partial charge is 0.321 e. The Balaban J connectivity index is 2.57. The third-order valence-corrected chi connectivity index (χ3v) is 1.67. The fourth-order valence-corrected chi connectivity index (χ4v) is 1.03. The van der Waals surface area contributed by atoms with Crippen molar-refractivity contribution in [3.8, 4) is 0 Å². The predicted molar refractivity (Wildman–Crippen MR) is 31.8 cm³/mol. The molecule has 1 atom stereocenters. The van der Waals surface area contributed by atoms with Gasteiger partial charge in [0, 0.05) is 19.3 Å². The number of rotatable bonds is 0. The van der Waals surface area contributed by atoms with E-state index in [4.69, 9.17) is 5.73 Å². The van der Waals surface area contributed by atoms with Gasteiger partial charge in [-0.15, -0.1) is 0 Å². The highest BCUT2D eigenvalue weighted by molar-refractivity contribution is 5.84. The summed E-state index contributed by atoms with van der Waals surface area (Å²) < 4.78 is 24.8. The topological polar surface area (TPSA) is 43.1 Å². The van der Waals surface area contributed by atoms with Crippen LogP contribution in [-0.2, 0) is 4.79 Å². The summed E-state index contributed by atoms with van der Waals surface area (Å²) in [6.07, 6.45) is -0.889. The number of nitrogens with two attached hydrogens (primary N) is 1. The Morgan fingerprint density at radius 2 is 2.20 bits per heavy atom. The van der Waals surface area contributed by atoms with Crippen molar-refractivity contribution < 1.29 is 13.6 Å². The highest BCUT2D eigenvalue weighted by atomic mass is 19.3. The van der Waals surface area contributed by atoms with Crippen LogP contribution in [0.2, 0.25) is 0 Å². The maximum absolute atomic E-state index is 12.4. The summed E-state index contributed by atoms with van der Waals surface area (Å²) in [6.45, 7) is 0. The maximum Gasteiger partial charge on any atom is 0.250 e. The zero-order valence-electron chi connectivity index (χ0n) is 5.44. The van der Waals surface area contributed by atoms with Gasteiger partial charge in [-0.25, -0.2) is 8.78 Å². The molecule has 1 aliphatic rings. The molecule has 10 heavy (non-hydrogen) atoms. The highest BCUT2D eigenvalue weighted by Gasteiger charge is 2.38. The lowest BCUT2D eigenvalue weighted by atomic mass is 9.92. The molecule has 0 radical (unpaired) electrons. The van der Waals surface area contributed by atoms with Gasteiger partial charge in [-0.1, -0.05) is 0 Å². The first kappa shape index (κ1) is 7.60. The minimum Gasteiger partial charge on any atom is -0.321 e. The number of carbonyl (C=O) groups is 1. The van der Waals surface area contributed by atoms with Gasteiger partial charge in [-0.05, 0) is 0 Å². The second-order valence-electron chi connectivity index (χ2n) is 2.63. The molecule has 0 unspecified atom stereocenters. The first-order valence-electron chi connectivity index (χ1n) is 3.17. The molecule has 1 aliphatic carbocycles. The second kappa shape index (κ2) is 2.27. The number of carbonyl (C=O) groups excluding carboxylic acids is 1. The average molecular weight is 149 g/mol. The van der Waals surface area contributed by atoms with Crippen LogP contribution in [0.5, 0.6) is 0 Å². The summed E-state index contributed by atoms with van der Waals surface area (Å²) in [7, 11) is 0. The summed E-state index contributed by atoms with van der Waals surface area (Å²) in [5, 5.41) is 0. The van der Waals surface area contributed by atoms with Gasteiger partial charge in [0.15, 0.2) is 0 Å². The third kappa shape index (κ3) is 1.50. The highest BCUT2D eigenvalue weighted by Crippen LogP contribution is 2.30. The predicted octanol–water partition coefficient (Wildman–Crippen LogP) is 0.702. The lowest BCUT2D eigenvalue weighted by Gasteiger charge is -2.24. The minimum absolute atomic E-state index is 0.0752. The van der Waals surface area contributed by atoms with Crippen LogP contribution in [0.1, 0.15) is 19.3 Å². The zero-order valence-corrected chi connectivity index (χ0v) is 5.44. The molecule has 0 amide bonds. The number of alkyl halides is 2. The van der Waals surface area contributed by atoms with Crippen LogP contribution in [0.3, 0.4) is 0 Å². The van der Waals surface area contributed by atoms with Gasteiger partial charge in [0.1, 0.15) is 5.78 Å². The van der Waals surface area contributed by atoms with Crippen LogP contribution in [0, 0.1) is 0 Å². The molecular weight excluding hydrogens is 140 g/mol. The van der Waals surface area contributed by atoms with Crippen molar-refractivity contribution in [2.75, 3.05) is 0 Å². The molecule has 0 heterocycles. The van der Waals surface area contributed by atoms with E-state index in [0.717, 1.165) is 0 Å². The molecule has 0 aromatic heterocycles. The SMILES string of the molecule is N[C@H]1CC(F)(F)CCC1=O. The third-order valence-electron chi connectivity index (χ3n) is 1.67. The molecule has 1 fully saturated rings. The average Bonchev–Trinajstić information content (AvgIpc) is 1.79. The number of ketones is 1. The normalized spacial score (nSPS) is 32.3. The van der Waals surface area contributed by atoms with Crippen LogP contribution in [-0.4, -0.2) is 17.7 Å². The quantitative estimate of drug-likeness (QED) is 0.551. The molecule has 0 spiro atoms. The van der Waals surface area contributed by atoms with Gasteiger partial charge < -0.3 is 5.73 Å². The van der Waals surface area contributed by atoms with Crippen molar-refractivity contribution in [2.45, 2.75) is 31.2 Å². The van der Waals surface area contributed by atoms with E-state index < -0.39 is 18.4 Å². The van der Waals surface area contributed by atoms with Crippen LogP contribution < -0.4 is 5.73 Å². The monoisotopic (exact) mass is 149 g/mol. The Morgan fingerprint density at radius 1 is 1.60 bits per heavy atom. The fraction of sp³-hybridized carbons (Fsp3) is 0.833. The van der Waals surface area contributed by atoms with E-state index in [0.29, 0.717) is 0 Å². The zero-order chi connectivity index (χ0) is 7.78. The second-order valence-corrected chi connectivity index (χ2v) is 2.63. The van der Waals surface area contributed by atoms with Gasteiger partial charge in [-0.3, -0.25) is 4.79 Å². The van der Waals surface area contributed by atoms with Gasteiger partial charge >= 0.3 is 0 Å². The van der Waals surface area contributed by atoms with Crippen molar-refractivity contribution in [3.63, 3.8) is 0 Å². The molecule has 0 aliphatic heterocycles. The minimum atomic E-state index is -2.71. The lowest BCUT2D eigenvalue weighted by molar-refractivity contribution is -0.130. The smallest absolute Gasteiger partial charge is 0.250 e. The van der Waals surface area contributed by atoms with Gasteiger partial charge in [0.2, 0.25) is 0 Å². The molecule has 0 aromatic carbocycles. The molecule has 58 valence electrons. The Morgan fingerprint density at radius 3 is 2.60 bits per heavy atom. The van der Waals surface area contributed by atoms with Gasteiger partial charge in [-0.2, -0.15) is 0 Å². The lowest BCUT2D eigenvalue weighted by Crippen LogP contribution is -2.41. The van der Waals surface area contributed by atoms with E-state index in [-0.39, 0.29) is 18.6 Å². The molecule has 1 rings (SSSR count). The van der Waals surface area contributed by atoms with E-state index in [1.54, 1.807) is 0 Å². The summed E-state index contributed by atoms with van der Waals surface area (Å²) in [5.41, 5.74) is 5.12. The molecule has 0 aromatic rings. The van der Waals surface area contributed by atoms with Crippen LogP contribution in [0.15, 0.2) is 0 Å². The van der Waals surface area contributed by atoms with Gasteiger partial charge in [0.25, 0.3) is 5.92 Å². The van der Waals surface area contributed by atoms with E-state index >= 15 is 0 Å². The Labute approximate surface area is 57.4 Å². The summed E-state index contributed by atoms with van der Waals surface area (Å²) in [4.78, 5) is 10.6. The van der Waals surface area contributed by atoms with Crippen molar-refractivity contribution in [1.82, 2.24) is 0 Å². The molecule has 1 saturated carbocycles. The first-order valence-corrected chi connectivity index (χ1v) is 3.17. The van der Waals surface area contributed by atoms with Crippen molar-refractivity contribution >= 4 is 5.78 Å². The number of hydrogen-bond acceptors (Lipinski definition) is 2. The fourth-order valence-electron chi connectivity index (χ4n) is 1.03. The van der Waals surface area contributed by atoms with Crippen molar-refractivity contribution in [3.05, 3.63) is 0 Å². The van der Waals surface area contributed by atoms with E-state index in [1.165, 1.54) is 0 Å². The number of hydrogen-bond donors (Lipinski definition) is 1. The maximum atomic E-state index is 12.4. The Bertz CT molecular complexity index is 158. The van der Waals surface area contributed by atoms with Crippen molar-refractivity contribution in [1.29, 1.82) is 0 Å². The molecule has 0 bridgehead atoms. The van der Waals surface area contributed by atoms with Gasteiger partial charge in [0.05, 0.1) is 6.04 Å². The summed E-state index contributed by atoms with van der Waals surface area (Å²) in [5.74, 6) is -2.96. The van der Waals surface area contributed by atoms with Crippen LogP contribution in [0.25, 0.3) is 0 Å². The molecular formula is C6H9F2NO. The van der Waals surface area contributed by atoms with Crippen LogP contribution >= 0.6 is 0 Å². The molecule has 0 saturated heterocycles. The van der Waals surface area contributed by atoms with E-state index in [9.17, 15) is 13.6 Å². The van der Waals surface area contributed by atoms with Crippen LogP contribution in [0.4, 0.5) is 8.78 Å². The molecule has 4 heteroatoms. The number of halogens is 2. The standard InChI is InChI=1S/C6H9F2NO/c7-6(8)2-1-5(10)4(9)3-6/h4H,1-3,9H2/t4-/m0/s1. The molecule has 2 nitrogen and oxygen atoms in total. The Kier molecular flexibility index (Phi) is 1.72. The summed E-state index contributed by atoms with van der Waals surface area (Å²) >= 11 is 0. The molecule has 2 N–H and O–H groups in total. The van der Waals surface area contributed by atoms with E-state index in [1.807, 2.05) is 0 Å². The first-order chi connectivity index (χ1) is 4.51. The Hall–Kier alpha value is -0.510. The van der Waals surface area contributed by atoms with Crippen molar-refractivity contribution in [2.24, 2.45) is 5.73 Å². The summed E-state index contributed by atoms with van der Waals surface area (Å²) in [6, 6.07) is -0.941. The van der Waals surface area contributed by atoms with E-state index in [2.05, 4.69) is 0 Å².